The van der Waals surface area contributed by atoms with Crippen LogP contribution in [0.2, 0.25) is 5.02 Å². The summed E-state index contributed by atoms with van der Waals surface area (Å²) in [4.78, 5) is 59.7. The number of carbonyl (C=O) groups excluding carboxylic acids is 5. The SMILES string of the molecule is COC(=O)/C(=C/c1c(F)cccc1Cl)O[C@H]1O[C@@H](COC(C)=O)[C@@H](OC(C)=O)[C@@H](OC(C)=O)[C@@H]1OC(C)=O. The van der Waals surface area contributed by atoms with Crippen LogP contribution in [0.15, 0.2) is 24.0 Å². The Balaban J connectivity index is 2.61. The zero-order valence-electron chi connectivity index (χ0n) is 21.1. The van der Waals surface area contributed by atoms with E-state index in [0.717, 1.165) is 46.9 Å². The van der Waals surface area contributed by atoms with Crippen molar-refractivity contribution < 1.29 is 61.5 Å². The molecule has 208 valence electrons. The number of ether oxygens (including phenoxy) is 7. The van der Waals surface area contributed by atoms with Gasteiger partial charge in [-0.1, -0.05) is 17.7 Å². The lowest BCUT2D eigenvalue weighted by molar-refractivity contribution is -0.299. The van der Waals surface area contributed by atoms with Crippen molar-refractivity contribution in [1.82, 2.24) is 0 Å². The lowest BCUT2D eigenvalue weighted by Crippen LogP contribution is -2.63. The third-order valence-electron chi connectivity index (χ3n) is 4.85. The molecule has 0 aromatic heterocycles. The van der Waals surface area contributed by atoms with E-state index in [1.54, 1.807) is 0 Å². The van der Waals surface area contributed by atoms with E-state index in [1.807, 2.05) is 0 Å². The molecule has 1 aromatic rings. The highest BCUT2D eigenvalue weighted by Gasteiger charge is 2.53. The highest BCUT2D eigenvalue weighted by Crippen LogP contribution is 2.32. The second kappa shape index (κ2) is 13.7. The maximum Gasteiger partial charge on any atom is 0.373 e. The minimum absolute atomic E-state index is 0.0726. The van der Waals surface area contributed by atoms with Gasteiger partial charge in [0, 0.05) is 33.3 Å². The van der Waals surface area contributed by atoms with Crippen molar-refractivity contribution >= 4 is 47.5 Å². The molecule has 1 fully saturated rings. The van der Waals surface area contributed by atoms with Gasteiger partial charge >= 0.3 is 29.8 Å². The first-order valence-electron chi connectivity index (χ1n) is 11.0. The fourth-order valence-corrected chi connectivity index (χ4v) is 3.65. The molecule has 1 aromatic carbocycles. The quantitative estimate of drug-likeness (QED) is 0.188. The fourth-order valence-electron chi connectivity index (χ4n) is 3.43. The van der Waals surface area contributed by atoms with E-state index in [0.29, 0.717) is 0 Å². The molecule has 1 saturated heterocycles. The van der Waals surface area contributed by atoms with E-state index in [-0.39, 0.29) is 10.6 Å². The van der Waals surface area contributed by atoms with Crippen LogP contribution in [0.3, 0.4) is 0 Å². The molecule has 0 N–H and O–H groups in total. The van der Waals surface area contributed by atoms with Gasteiger partial charge in [-0.05, 0) is 18.2 Å². The van der Waals surface area contributed by atoms with Crippen LogP contribution < -0.4 is 0 Å². The molecule has 0 radical (unpaired) electrons. The maximum absolute atomic E-state index is 14.4. The van der Waals surface area contributed by atoms with Crippen molar-refractivity contribution in [3.05, 3.63) is 40.4 Å². The molecule has 5 atom stereocenters. The third kappa shape index (κ3) is 8.42. The summed E-state index contributed by atoms with van der Waals surface area (Å²) < 4.78 is 51.4. The Morgan fingerprint density at radius 2 is 1.47 bits per heavy atom. The number of rotatable bonds is 9. The Morgan fingerprint density at radius 1 is 0.895 bits per heavy atom. The predicted octanol–water partition coefficient (Wildman–Crippen LogP) is 2.09. The second-order valence-electron chi connectivity index (χ2n) is 7.82. The summed E-state index contributed by atoms with van der Waals surface area (Å²) in [5, 5.41) is -0.0726. The monoisotopic (exact) mass is 560 g/mol. The van der Waals surface area contributed by atoms with Gasteiger partial charge in [0.1, 0.15) is 18.5 Å². The molecule has 0 bridgehead atoms. The van der Waals surface area contributed by atoms with Crippen LogP contribution in [0, 0.1) is 5.82 Å². The smallest absolute Gasteiger partial charge is 0.373 e. The number of methoxy groups -OCH3 is 1. The minimum Gasteiger partial charge on any atom is -0.463 e. The van der Waals surface area contributed by atoms with Gasteiger partial charge in [-0.3, -0.25) is 19.2 Å². The van der Waals surface area contributed by atoms with E-state index in [9.17, 15) is 28.4 Å². The van der Waals surface area contributed by atoms with Crippen LogP contribution in [0.25, 0.3) is 6.08 Å². The summed E-state index contributed by atoms with van der Waals surface area (Å²) in [6, 6.07) is 3.79. The first-order chi connectivity index (χ1) is 17.8. The van der Waals surface area contributed by atoms with Crippen LogP contribution in [-0.4, -0.2) is 74.3 Å². The van der Waals surface area contributed by atoms with Gasteiger partial charge in [-0.2, -0.15) is 0 Å². The summed E-state index contributed by atoms with van der Waals surface area (Å²) >= 11 is 6.06. The molecule has 2 rings (SSSR count). The molecule has 1 aliphatic heterocycles. The summed E-state index contributed by atoms with van der Waals surface area (Å²) in [7, 11) is 1.02. The minimum atomic E-state index is -1.74. The van der Waals surface area contributed by atoms with Crippen molar-refractivity contribution in [2.24, 2.45) is 0 Å². The summed E-state index contributed by atoms with van der Waals surface area (Å²) in [6.07, 6.45) is -6.76. The van der Waals surface area contributed by atoms with E-state index >= 15 is 0 Å². The number of esters is 5. The molecule has 38 heavy (non-hydrogen) atoms. The van der Waals surface area contributed by atoms with E-state index in [1.165, 1.54) is 12.1 Å². The zero-order valence-corrected chi connectivity index (χ0v) is 21.8. The summed E-state index contributed by atoms with van der Waals surface area (Å²) in [6.45, 7) is 3.73. The van der Waals surface area contributed by atoms with Crippen molar-refractivity contribution in [2.45, 2.75) is 58.4 Å². The van der Waals surface area contributed by atoms with Gasteiger partial charge in [0.2, 0.25) is 18.2 Å². The van der Waals surface area contributed by atoms with E-state index in [4.69, 9.17) is 44.8 Å². The Labute approximate surface area is 221 Å². The van der Waals surface area contributed by atoms with Crippen LogP contribution in [0.5, 0.6) is 0 Å². The molecule has 0 aliphatic carbocycles. The van der Waals surface area contributed by atoms with Gasteiger partial charge in [-0.25, -0.2) is 9.18 Å². The second-order valence-corrected chi connectivity index (χ2v) is 8.23. The number of carbonyl (C=O) groups is 5. The van der Waals surface area contributed by atoms with E-state index in [2.05, 4.69) is 0 Å². The lowest BCUT2D eigenvalue weighted by Gasteiger charge is -2.43. The zero-order chi connectivity index (χ0) is 28.6. The van der Waals surface area contributed by atoms with Crippen LogP contribution in [0.4, 0.5) is 4.39 Å². The molecule has 14 heteroatoms. The molecule has 0 saturated carbocycles. The van der Waals surface area contributed by atoms with Gasteiger partial charge < -0.3 is 33.2 Å². The number of hydrogen-bond donors (Lipinski definition) is 0. The molecule has 0 spiro atoms. The van der Waals surface area contributed by atoms with E-state index < -0.39 is 78.7 Å². The van der Waals surface area contributed by atoms with Crippen molar-refractivity contribution in [2.75, 3.05) is 13.7 Å². The fraction of sp³-hybridized carbons (Fsp3) is 0.458. The average molecular weight is 561 g/mol. The van der Waals surface area contributed by atoms with Crippen LogP contribution >= 0.6 is 11.6 Å². The molecular formula is C24H26ClFO12. The molecule has 0 amide bonds. The number of benzene rings is 1. The standard InChI is InChI=1S/C24H26ClFO12/c1-11(27)33-10-19-20(34-12(2)28)21(35-13(3)29)22(36-14(4)30)24(38-19)37-18(23(31)32-5)9-15-16(25)7-6-8-17(15)26/h6-9,19-22,24H,10H2,1-5H3/b18-9-/t19-,20+,21+,22-,24-/m0/s1. The highest BCUT2D eigenvalue weighted by molar-refractivity contribution is 6.32. The number of hydrogen-bond acceptors (Lipinski definition) is 12. The largest absolute Gasteiger partial charge is 0.463 e. The Bertz CT molecular complexity index is 1080. The maximum atomic E-state index is 14.4. The number of halogens is 2. The first kappa shape index (κ1) is 30.5. The average Bonchev–Trinajstić information content (AvgIpc) is 2.81. The van der Waals surface area contributed by atoms with Crippen molar-refractivity contribution in [3.8, 4) is 0 Å². The van der Waals surface area contributed by atoms with Crippen molar-refractivity contribution in [3.63, 3.8) is 0 Å². The van der Waals surface area contributed by atoms with Crippen molar-refractivity contribution in [1.29, 1.82) is 0 Å². The third-order valence-corrected chi connectivity index (χ3v) is 5.18. The van der Waals surface area contributed by atoms with Gasteiger partial charge in [0.05, 0.1) is 12.1 Å². The molecular weight excluding hydrogens is 535 g/mol. The summed E-state index contributed by atoms with van der Waals surface area (Å²) in [5.74, 6) is -5.83. The Morgan fingerprint density at radius 3 is 2.00 bits per heavy atom. The normalized spacial score (nSPS) is 23.0. The molecule has 0 unspecified atom stereocenters. The highest BCUT2D eigenvalue weighted by atomic mass is 35.5. The lowest BCUT2D eigenvalue weighted by atomic mass is 9.98. The Hall–Kier alpha value is -3.71. The predicted molar refractivity (Wildman–Crippen MR) is 124 cm³/mol. The topological polar surface area (TPSA) is 150 Å². The Kier molecular flexibility index (Phi) is 11.0. The van der Waals surface area contributed by atoms with Gasteiger partial charge in [-0.15, -0.1) is 0 Å². The molecule has 12 nitrogen and oxygen atoms in total. The molecule has 1 aliphatic rings. The first-order valence-corrected chi connectivity index (χ1v) is 11.4. The van der Waals surface area contributed by atoms with Gasteiger partial charge in [0.15, 0.2) is 12.2 Å². The summed E-state index contributed by atoms with van der Waals surface area (Å²) in [5.41, 5.74) is -0.236. The molecule has 1 heterocycles. The van der Waals surface area contributed by atoms with Gasteiger partial charge in [0.25, 0.3) is 0 Å². The van der Waals surface area contributed by atoms with Crippen LogP contribution in [-0.2, 0) is 57.1 Å². The van der Waals surface area contributed by atoms with Crippen LogP contribution in [0.1, 0.15) is 33.3 Å².